The maximum atomic E-state index is 11.8. The molecule has 19 heavy (non-hydrogen) atoms. The summed E-state index contributed by atoms with van der Waals surface area (Å²) in [6.07, 6.45) is -1.32. The van der Waals surface area contributed by atoms with Crippen LogP contribution in [0, 0.1) is 0 Å². The third kappa shape index (κ3) is 5.32. The van der Waals surface area contributed by atoms with Gasteiger partial charge in [-0.15, -0.1) is 0 Å². The van der Waals surface area contributed by atoms with Gasteiger partial charge < -0.3 is 15.8 Å². The molecule has 1 amide bonds. The highest BCUT2D eigenvalue weighted by Crippen LogP contribution is 2.30. The highest BCUT2D eigenvalue weighted by Gasteiger charge is 2.38. The van der Waals surface area contributed by atoms with Crippen molar-refractivity contribution in [2.45, 2.75) is 43.8 Å². The molecule has 0 heterocycles. The van der Waals surface area contributed by atoms with Crippen LogP contribution in [0.1, 0.15) is 32.1 Å². The monoisotopic (exact) mass is 298 g/mol. The maximum absolute atomic E-state index is 11.8. The number of amides is 1. The number of nitrogens with one attached hydrogen (secondary N) is 1. The average Bonchev–Trinajstić information content (AvgIpc) is 2.73. The normalized spacial score (nSPS) is 18.3. The number of hydrogen-bond donors (Lipinski definition) is 2. The molecule has 1 saturated carbocycles. The predicted octanol–water partition coefficient (Wildman–Crippen LogP) is 1.67. The van der Waals surface area contributed by atoms with E-state index in [1.165, 1.54) is 0 Å². The lowest BCUT2D eigenvalue weighted by Crippen LogP contribution is -2.54. The minimum absolute atomic E-state index is 0.138. The maximum Gasteiger partial charge on any atom is 0.411 e. The number of alkyl halides is 3. The predicted molar refractivity (Wildman–Crippen MR) is 67.6 cm³/mol. The number of halogens is 3. The van der Waals surface area contributed by atoms with Crippen molar-refractivity contribution in [3.63, 3.8) is 0 Å². The van der Waals surface area contributed by atoms with Crippen molar-refractivity contribution in [1.29, 1.82) is 0 Å². The van der Waals surface area contributed by atoms with Crippen LogP contribution in [0.3, 0.4) is 0 Å². The number of nitrogens with two attached hydrogens (primary N) is 1. The van der Waals surface area contributed by atoms with Gasteiger partial charge in [-0.05, 0) is 12.8 Å². The molecule has 0 saturated heterocycles. The summed E-state index contributed by atoms with van der Waals surface area (Å²) in [4.78, 5) is 11.9. The summed E-state index contributed by atoms with van der Waals surface area (Å²) in [6, 6.07) is 0. The molecule has 0 radical (unpaired) electrons. The molecule has 0 spiro atoms. The Bertz CT molecular complexity index is 341. The average molecular weight is 298 g/mol. The standard InChI is InChI=1S/C11H17F3N2O2S/c12-11(13,14)7-18-6-3-8(17)16-10(9(15)19)4-1-2-5-10/h1-7H2,(H2,15,19)(H,16,17). The molecule has 0 aromatic heterocycles. The van der Waals surface area contributed by atoms with Crippen molar-refractivity contribution in [2.24, 2.45) is 5.73 Å². The van der Waals surface area contributed by atoms with Crippen LogP contribution < -0.4 is 11.1 Å². The van der Waals surface area contributed by atoms with Gasteiger partial charge in [0, 0.05) is 6.42 Å². The van der Waals surface area contributed by atoms with Crippen molar-refractivity contribution in [3.05, 3.63) is 0 Å². The van der Waals surface area contributed by atoms with Gasteiger partial charge in [-0.1, -0.05) is 25.1 Å². The second-order valence-corrected chi connectivity index (χ2v) is 5.06. The van der Waals surface area contributed by atoms with Crippen molar-refractivity contribution >= 4 is 23.1 Å². The van der Waals surface area contributed by atoms with Crippen molar-refractivity contribution < 1.29 is 22.7 Å². The summed E-state index contributed by atoms with van der Waals surface area (Å²) < 4.78 is 39.8. The van der Waals surface area contributed by atoms with Gasteiger partial charge in [0.1, 0.15) is 6.61 Å². The summed E-state index contributed by atoms with van der Waals surface area (Å²) >= 11 is 4.95. The molecular weight excluding hydrogens is 281 g/mol. The van der Waals surface area contributed by atoms with Crippen LogP contribution >= 0.6 is 12.2 Å². The first-order chi connectivity index (χ1) is 8.75. The van der Waals surface area contributed by atoms with Crippen molar-refractivity contribution in [3.8, 4) is 0 Å². The molecule has 1 rings (SSSR count). The Kier molecular flexibility index (Phi) is 5.54. The zero-order valence-electron chi connectivity index (χ0n) is 10.4. The van der Waals surface area contributed by atoms with E-state index >= 15 is 0 Å². The fraction of sp³-hybridized carbons (Fsp3) is 0.818. The fourth-order valence-corrected chi connectivity index (χ4v) is 2.35. The molecule has 0 aromatic rings. The van der Waals surface area contributed by atoms with Crippen LogP contribution in [0.4, 0.5) is 13.2 Å². The highest BCUT2D eigenvalue weighted by atomic mass is 32.1. The van der Waals surface area contributed by atoms with Crippen molar-refractivity contribution in [2.75, 3.05) is 13.2 Å². The van der Waals surface area contributed by atoms with E-state index in [-0.39, 0.29) is 18.0 Å². The lowest BCUT2D eigenvalue weighted by molar-refractivity contribution is -0.174. The number of rotatable bonds is 6. The van der Waals surface area contributed by atoms with E-state index in [2.05, 4.69) is 10.1 Å². The minimum Gasteiger partial charge on any atom is -0.391 e. The second-order valence-electron chi connectivity index (χ2n) is 4.62. The zero-order chi connectivity index (χ0) is 14.5. The Labute approximate surface area is 114 Å². The smallest absolute Gasteiger partial charge is 0.391 e. The first-order valence-electron chi connectivity index (χ1n) is 6.01. The molecule has 3 N–H and O–H groups in total. The van der Waals surface area contributed by atoms with Gasteiger partial charge in [-0.3, -0.25) is 4.79 Å². The molecule has 0 aliphatic heterocycles. The molecule has 0 unspecified atom stereocenters. The third-order valence-electron chi connectivity index (χ3n) is 3.05. The van der Waals surface area contributed by atoms with Crippen LogP contribution in [-0.4, -0.2) is 35.8 Å². The number of carbonyl (C=O) groups is 1. The van der Waals surface area contributed by atoms with Gasteiger partial charge in [0.2, 0.25) is 5.91 Å². The summed E-state index contributed by atoms with van der Waals surface area (Å²) in [7, 11) is 0. The topological polar surface area (TPSA) is 64.3 Å². The van der Waals surface area contributed by atoms with Crippen LogP contribution in [-0.2, 0) is 9.53 Å². The molecule has 0 atom stereocenters. The molecule has 110 valence electrons. The third-order valence-corrected chi connectivity index (χ3v) is 3.44. The van der Waals surface area contributed by atoms with Crippen LogP contribution in [0.25, 0.3) is 0 Å². The van der Waals surface area contributed by atoms with Gasteiger partial charge in [0.25, 0.3) is 0 Å². The van der Waals surface area contributed by atoms with E-state index in [1.807, 2.05) is 0 Å². The van der Waals surface area contributed by atoms with Crippen LogP contribution in [0.5, 0.6) is 0 Å². The Morgan fingerprint density at radius 3 is 2.42 bits per heavy atom. The number of hydrogen-bond acceptors (Lipinski definition) is 3. The van der Waals surface area contributed by atoms with Gasteiger partial charge in [0.05, 0.1) is 17.1 Å². The number of carbonyl (C=O) groups excluding carboxylic acids is 1. The molecule has 4 nitrogen and oxygen atoms in total. The molecular formula is C11H17F3N2O2S. The number of thiocarbonyl (C=S) groups is 1. The Morgan fingerprint density at radius 1 is 1.37 bits per heavy atom. The first kappa shape index (κ1) is 16.2. The van der Waals surface area contributed by atoms with E-state index in [4.69, 9.17) is 18.0 Å². The quantitative estimate of drug-likeness (QED) is 0.578. The van der Waals surface area contributed by atoms with Gasteiger partial charge in [0.15, 0.2) is 0 Å². The Morgan fingerprint density at radius 2 is 1.95 bits per heavy atom. The van der Waals surface area contributed by atoms with E-state index < -0.39 is 24.2 Å². The largest absolute Gasteiger partial charge is 0.411 e. The van der Waals surface area contributed by atoms with Gasteiger partial charge in [-0.2, -0.15) is 13.2 Å². The van der Waals surface area contributed by atoms with E-state index in [9.17, 15) is 18.0 Å². The lowest BCUT2D eigenvalue weighted by atomic mass is 9.97. The van der Waals surface area contributed by atoms with E-state index in [0.29, 0.717) is 12.8 Å². The van der Waals surface area contributed by atoms with E-state index in [1.54, 1.807) is 0 Å². The summed E-state index contributed by atoms with van der Waals surface area (Å²) in [5.74, 6) is -0.392. The van der Waals surface area contributed by atoms with Gasteiger partial charge in [-0.25, -0.2) is 0 Å². The summed E-state index contributed by atoms with van der Waals surface area (Å²) in [5, 5.41) is 2.72. The van der Waals surface area contributed by atoms with Crippen LogP contribution in [0.15, 0.2) is 0 Å². The Balaban J connectivity index is 2.32. The molecule has 1 aliphatic rings. The molecule has 1 fully saturated rings. The zero-order valence-corrected chi connectivity index (χ0v) is 11.2. The van der Waals surface area contributed by atoms with Crippen LogP contribution in [0.2, 0.25) is 0 Å². The van der Waals surface area contributed by atoms with E-state index in [0.717, 1.165) is 12.8 Å². The lowest BCUT2D eigenvalue weighted by Gasteiger charge is -2.29. The Hall–Kier alpha value is -0.890. The second kappa shape index (κ2) is 6.51. The minimum atomic E-state index is -4.37. The van der Waals surface area contributed by atoms with Crippen molar-refractivity contribution in [1.82, 2.24) is 5.32 Å². The van der Waals surface area contributed by atoms with Gasteiger partial charge >= 0.3 is 6.18 Å². The number of ether oxygens (including phenoxy) is 1. The fourth-order valence-electron chi connectivity index (χ4n) is 2.09. The summed E-state index contributed by atoms with van der Waals surface area (Å²) in [6.45, 7) is -1.63. The molecule has 8 heteroatoms. The SMILES string of the molecule is NC(=S)C1(NC(=O)CCOCC(F)(F)F)CCCC1. The first-order valence-corrected chi connectivity index (χ1v) is 6.41. The molecule has 1 aliphatic carbocycles. The summed E-state index contributed by atoms with van der Waals surface area (Å²) in [5.41, 5.74) is 4.96. The highest BCUT2D eigenvalue weighted by molar-refractivity contribution is 7.80. The molecule has 0 bridgehead atoms. The molecule has 0 aromatic carbocycles.